The molecule has 6 heteroatoms. The van der Waals surface area contributed by atoms with Crippen LogP contribution in [0.15, 0.2) is 72.8 Å². The lowest BCUT2D eigenvalue weighted by atomic mass is 9.96. The van der Waals surface area contributed by atoms with Crippen molar-refractivity contribution >= 4 is 11.8 Å². The maximum absolute atomic E-state index is 12.4. The molecule has 1 aliphatic rings. The van der Waals surface area contributed by atoms with E-state index in [0.29, 0.717) is 18.7 Å². The van der Waals surface area contributed by atoms with E-state index in [1.54, 1.807) is 27.1 Å². The molecule has 6 nitrogen and oxygen atoms in total. The first-order valence-corrected chi connectivity index (χ1v) is 11.5. The standard InChI is InChI=1S/C28H31N3O3/c1-20(32)31-16-15-30(19-26(31)21-10-8-11-22(17-21)28(33)29-2)18-23-9-4-5-12-24(23)25-13-6-7-14-27(25)34-3/h4-14,17,26H,15-16,18-19H2,1-3H3,(H,29,33)/t26-/m0/s1. The molecule has 0 saturated carbocycles. The summed E-state index contributed by atoms with van der Waals surface area (Å²) in [5.74, 6) is 0.763. The van der Waals surface area contributed by atoms with Crippen LogP contribution in [0.1, 0.15) is 34.5 Å². The lowest BCUT2D eigenvalue weighted by Gasteiger charge is -2.41. The molecule has 0 spiro atoms. The summed E-state index contributed by atoms with van der Waals surface area (Å²) in [5.41, 5.74) is 4.99. The van der Waals surface area contributed by atoms with E-state index in [0.717, 1.165) is 35.5 Å². The monoisotopic (exact) mass is 457 g/mol. The lowest BCUT2D eigenvalue weighted by Crippen LogP contribution is -2.49. The van der Waals surface area contributed by atoms with Crippen molar-refractivity contribution in [1.82, 2.24) is 15.1 Å². The fourth-order valence-corrected chi connectivity index (χ4v) is 4.71. The van der Waals surface area contributed by atoms with E-state index in [9.17, 15) is 9.59 Å². The van der Waals surface area contributed by atoms with Gasteiger partial charge in [0.2, 0.25) is 5.91 Å². The van der Waals surface area contributed by atoms with Gasteiger partial charge >= 0.3 is 0 Å². The smallest absolute Gasteiger partial charge is 0.251 e. The van der Waals surface area contributed by atoms with Crippen LogP contribution in [0.2, 0.25) is 0 Å². The zero-order valence-electron chi connectivity index (χ0n) is 20.0. The van der Waals surface area contributed by atoms with Crippen LogP contribution in [0.4, 0.5) is 0 Å². The van der Waals surface area contributed by atoms with E-state index in [1.807, 2.05) is 47.4 Å². The fraction of sp³-hybridized carbons (Fsp3) is 0.286. The Kier molecular flexibility index (Phi) is 7.28. The Morgan fingerprint density at radius 2 is 1.71 bits per heavy atom. The Balaban J connectivity index is 1.62. The number of carbonyl (C=O) groups excluding carboxylic acids is 2. The number of nitrogens with one attached hydrogen (secondary N) is 1. The molecule has 1 aliphatic heterocycles. The second-order valence-electron chi connectivity index (χ2n) is 8.53. The number of amides is 2. The summed E-state index contributed by atoms with van der Waals surface area (Å²) in [7, 11) is 3.32. The number of ether oxygens (including phenoxy) is 1. The van der Waals surface area contributed by atoms with E-state index in [2.05, 4.69) is 34.5 Å². The number of benzene rings is 3. The van der Waals surface area contributed by atoms with Crippen LogP contribution < -0.4 is 10.1 Å². The van der Waals surface area contributed by atoms with Crippen molar-refractivity contribution in [3.63, 3.8) is 0 Å². The number of rotatable bonds is 6. The van der Waals surface area contributed by atoms with Gasteiger partial charge in [-0.3, -0.25) is 14.5 Å². The molecule has 1 heterocycles. The van der Waals surface area contributed by atoms with Gasteiger partial charge in [0.05, 0.1) is 13.2 Å². The highest BCUT2D eigenvalue weighted by Crippen LogP contribution is 2.34. The minimum absolute atomic E-state index is 0.0458. The number of piperazine rings is 1. The minimum Gasteiger partial charge on any atom is -0.496 e. The molecule has 1 fully saturated rings. The summed E-state index contributed by atoms with van der Waals surface area (Å²) in [6, 6.07) is 23.9. The third-order valence-electron chi connectivity index (χ3n) is 6.44. The summed E-state index contributed by atoms with van der Waals surface area (Å²) in [4.78, 5) is 28.9. The topological polar surface area (TPSA) is 61.9 Å². The molecule has 3 aromatic rings. The first-order chi connectivity index (χ1) is 16.5. The van der Waals surface area contributed by atoms with Gasteiger partial charge in [-0.1, -0.05) is 54.6 Å². The first-order valence-electron chi connectivity index (χ1n) is 11.5. The van der Waals surface area contributed by atoms with E-state index in [1.165, 1.54) is 5.56 Å². The van der Waals surface area contributed by atoms with Gasteiger partial charge in [-0.25, -0.2) is 0 Å². The maximum Gasteiger partial charge on any atom is 0.251 e. The van der Waals surface area contributed by atoms with Gasteiger partial charge in [0, 0.05) is 51.3 Å². The summed E-state index contributed by atoms with van der Waals surface area (Å²) >= 11 is 0. The normalized spacial score (nSPS) is 16.2. The minimum atomic E-state index is -0.130. The Hall–Kier alpha value is -3.64. The molecule has 2 amide bonds. The predicted octanol–water partition coefficient (Wildman–Crippen LogP) is 4.13. The highest BCUT2D eigenvalue weighted by molar-refractivity contribution is 5.94. The molecule has 0 radical (unpaired) electrons. The molecule has 1 atom stereocenters. The van der Waals surface area contributed by atoms with Crippen LogP contribution in [-0.4, -0.2) is 55.4 Å². The second kappa shape index (κ2) is 10.5. The van der Waals surface area contributed by atoms with Crippen LogP contribution in [0.25, 0.3) is 11.1 Å². The Labute approximate surface area is 201 Å². The highest BCUT2D eigenvalue weighted by atomic mass is 16.5. The van der Waals surface area contributed by atoms with Crippen molar-refractivity contribution < 1.29 is 14.3 Å². The van der Waals surface area contributed by atoms with E-state index in [-0.39, 0.29) is 17.9 Å². The zero-order valence-corrected chi connectivity index (χ0v) is 20.0. The fourth-order valence-electron chi connectivity index (χ4n) is 4.71. The van der Waals surface area contributed by atoms with Gasteiger partial charge in [-0.15, -0.1) is 0 Å². The largest absolute Gasteiger partial charge is 0.496 e. The van der Waals surface area contributed by atoms with Gasteiger partial charge in [-0.2, -0.15) is 0 Å². The van der Waals surface area contributed by atoms with Crippen molar-refractivity contribution in [2.24, 2.45) is 0 Å². The summed E-state index contributed by atoms with van der Waals surface area (Å²) in [6.07, 6.45) is 0. The van der Waals surface area contributed by atoms with Crippen LogP contribution in [0.5, 0.6) is 5.75 Å². The molecule has 176 valence electrons. The number of carbonyl (C=O) groups is 2. The van der Waals surface area contributed by atoms with E-state index < -0.39 is 0 Å². The molecule has 0 bridgehead atoms. The molecule has 1 N–H and O–H groups in total. The van der Waals surface area contributed by atoms with Crippen LogP contribution in [0.3, 0.4) is 0 Å². The SMILES string of the molecule is CNC(=O)c1cccc([C@@H]2CN(Cc3ccccc3-c3ccccc3OC)CCN2C(C)=O)c1. The molecule has 4 rings (SSSR count). The number of hydrogen-bond acceptors (Lipinski definition) is 4. The number of nitrogens with zero attached hydrogens (tertiary/aromatic N) is 2. The summed E-state index contributed by atoms with van der Waals surface area (Å²) in [6.45, 7) is 4.48. The van der Waals surface area contributed by atoms with Crippen LogP contribution in [0, 0.1) is 0 Å². The Morgan fingerprint density at radius 3 is 2.44 bits per heavy atom. The van der Waals surface area contributed by atoms with Crippen molar-refractivity contribution in [3.05, 3.63) is 89.5 Å². The number of para-hydroxylation sites is 1. The summed E-state index contributed by atoms with van der Waals surface area (Å²) in [5, 5.41) is 2.68. The maximum atomic E-state index is 12.4. The molecule has 1 saturated heterocycles. The van der Waals surface area contributed by atoms with Gasteiger partial charge < -0.3 is 15.0 Å². The lowest BCUT2D eigenvalue weighted by molar-refractivity contribution is -0.134. The third-order valence-corrected chi connectivity index (χ3v) is 6.44. The molecule has 0 aromatic heterocycles. The Bertz CT molecular complexity index is 1180. The van der Waals surface area contributed by atoms with Crippen molar-refractivity contribution in [3.8, 4) is 16.9 Å². The molecular weight excluding hydrogens is 426 g/mol. The average molecular weight is 458 g/mol. The van der Waals surface area contributed by atoms with E-state index in [4.69, 9.17) is 4.74 Å². The predicted molar refractivity (Wildman–Crippen MR) is 134 cm³/mol. The average Bonchev–Trinajstić information content (AvgIpc) is 2.88. The molecule has 0 unspecified atom stereocenters. The van der Waals surface area contributed by atoms with Crippen LogP contribution in [-0.2, 0) is 11.3 Å². The molecule has 34 heavy (non-hydrogen) atoms. The second-order valence-corrected chi connectivity index (χ2v) is 8.53. The van der Waals surface area contributed by atoms with Crippen molar-refractivity contribution in [2.75, 3.05) is 33.8 Å². The molecular formula is C28H31N3O3. The Morgan fingerprint density at radius 1 is 0.971 bits per heavy atom. The van der Waals surface area contributed by atoms with E-state index >= 15 is 0 Å². The molecule has 3 aromatic carbocycles. The molecule has 0 aliphatic carbocycles. The van der Waals surface area contributed by atoms with Gasteiger partial charge in [0.25, 0.3) is 5.91 Å². The quantitative estimate of drug-likeness (QED) is 0.605. The van der Waals surface area contributed by atoms with Gasteiger partial charge in [0.15, 0.2) is 0 Å². The summed E-state index contributed by atoms with van der Waals surface area (Å²) < 4.78 is 5.61. The van der Waals surface area contributed by atoms with Crippen LogP contribution >= 0.6 is 0 Å². The van der Waals surface area contributed by atoms with Gasteiger partial charge in [0.1, 0.15) is 5.75 Å². The highest BCUT2D eigenvalue weighted by Gasteiger charge is 2.30. The number of hydrogen-bond donors (Lipinski definition) is 1. The zero-order chi connectivity index (χ0) is 24.1. The number of methoxy groups -OCH3 is 1. The third kappa shape index (κ3) is 4.97. The van der Waals surface area contributed by atoms with Gasteiger partial charge in [-0.05, 0) is 34.9 Å². The van der Waals surface area contributed by atoms with Crippen molar-refractivity contribution in [1.29, 1.82) is 0 Å². The van der Waals surface area contributed by atoms with Crippen molar-refractivity contribution in [2.45, 2.75) is 19.5 Å². The first kappa shape index (κ1) is 23.5.